The number of hydrogen-bond donors (Lipinski definition) is 2. The van der Waals surface area contributed by atoms with E-state index in [1.807, 2.05) is 6.07 Å². The lowest BCUT2D eigenvalue weighted by Gasteiger charge is -2.30. The molecule has 1 amide bonds. The van der Waals surface area contributed by atoms with Gasteiger partial charge in [-0.05, 0) is 49.1 Å². The Bertz CT molecular complexity index is 802. The summed E-state index contributed by atoms with van der Waals surface area (Å²) in [5.41, 5.74) is 3.15. The lowest BCUT2D eigenvalue weighted by molar-refractivity contribution is -0.419. The Balaban J connectivity index is 2.54. The van der Waals surface area contributed by atoms with Gasteiger partial charge >= 0.3 is 0 Å². The molecule has 2 atom stereocenters. The summed E-state index contributed by atoms with van der Waals surface area (Å²) in [6.45, 7) is 3.02. The highest BCUT2D eigenvalue weighted by atomic mass is 35.5. The van der Waals surface area contributed by atoms with E-state index in [0.29, 0.717) is 11.4 Å². The van der Waals surface area contributed by atoms with Crippen molar-refractivity contribution in [1.29, 1.82) is 0 Å². The minimum absolute atomic E-state index is 0.00680. The zero-order chi connectivity index (χ0) is 19.3. The predicted molar refractivity (Wildman–Crippen MR) is 99.7 cm³/mol. The van der Waals surface area contributed by atoms with E-state index in [9.17, 15) is 20.0 Å². The average molecular weight is 378 g/mol. The third-order valence-electron chi connectivity index (χ3n) is 4.02. The standard InChI is InChI=1S/C18H20ClN3O4/c1-12(23)9-14-3-4-15(19)10-17(14)18(11-20-21-13(2)24)7-5-16(6-8-18)22(25)26/h3-7,10-12,23H,8-9H2,1-2H3,(H,21,24). The van der Waals surface area contributed by atoms with Crippen molar-refractivity contribution in [3.8, 4) is 0 Å². The molecule has 0 saturated heterocycles. The lowest BCUT2D eigenvalue weighted by atomic mass is 9.73. The monoisotopic (exact) mass is 377 g/mol. The van der Waals surface area contributed by atoms with Gasteiger partial charge in [0.2, 0.25) is 5.91 Å². The van der Waals surface area contributed by atoms with Gasteiger partial charge in [-0.15, -0.1) is 0 Å². The van der Waals surface area contributed by atoms with Crippen LogP contribution in [0, 0.1) is 10.1 Å². The molecule has 0 spiro atoms. The molecule has 0 bridgehead atoms. The van der Waals surface area contributed by atoms with Gasteiger partial charge in [-0.25, -0.2) is 5.43 Å². The number of carbonyl (C=O) groups excluding carboxylic acids is 1. The van der Waals surface area contributed by atoms with E-state index in [-0.39, 0.29) is 18.0 Å². The second kappa shape index (κ2) is 8.25. The molecular weight excluding hydrogens is 358 g/mol. The molecule has 0 fully saturated rings. The quantitative estimate of drug-likeness (QED) is 0.451. The second-order valence-corrected chi connectivity index (χ2v) is 6.68. The molecule has 0 aliphatic heterocycles. The number of nitro groups is 1. The van der Waals surface area contributed by atoms with Crippen LogP contribution in [0.15, 0.2) is 47.2 Å². The van der Waals surface area contributed by atoms with Gasteiger partial charge < -0.3 is 5.11 Å². The summed E-state index contributed by atoms with van der Waals surface area (Å²) in [5, 5.41) is 25.3. The first-order valence-corrected chi connectivity index (χ1v) is 8.43. The molecular formula is C18H20ClN3O4. The van der Waals surface area contributed by atoms with Crippen molar-refractivity contribution < 1.29 is 14.8 Å². The Hall–Kier alpha value is -2.51. The van der Waals surface area contributed by atoms with Crippen molar-refractivity contribution in [1.82, 2.24) is 5.43 Å². The molecule has 2 rings (SSSR count). The topological polar surface area (TPSA) is 105 Å². The van der Waals surface area contributed by atoms with E-state index in [2.05, 4.69) is 10.5 Å². The summed E-state index contributed by atoms with van der Waals surface area (Å²) in [6, 6.07) is 5.31. The summed E-state index contributed by atoms with van der Waals surface area (Å²) >= 11 is 6.17. The van der Waals surface area contributed by atoms with Crippen LogP contribution in [-0.4, -0.2) is 28.3 Å². The molecule has 1 aromatic rings. The van der Waals surface area contributed by atoms with Crippen molar-refractivity contribution in [2.75, 3.05) is 0 Å². The highest BCUT2D eigenvalue weighted by molar-refractivity contribution is 6.30. The Kier molecular flexibility index (Phi) is 6.28. The largest absolute Gasteiger partial charge is 0.393 e. The second-order valence-electron chi connectivity index (χ2n) is 6.24. The van der Waals surface area contributed by atoms with Crippen LogP contribution in [0.1, 0.15) is 31.4 Å². The summed E-state index contributed by atoms with van der Waals surface area (Å²) in [5.74, 6) is -0.326. The maximum Gasteiger partial charge on any atom is 0.265 e. The van der Waals surface area contributed by atoms with Crippen LogP contribution < -0.4 is 5.43 Å². The van der Waals surface area contributed by atoms with E-state index in [4.69, 9.17) is 11.6 Å². The number of rotatable bonds is 6. The molecule has 1 aliphatic carbocycles. The summed E-state index contributed by atoms with van der Waals surface area (Å²) in [6.07, 6.45) is 6.22. The number of hydrazone groups is 1. The van der Waals surface area contributed by atoms with Crippen molar-refractivity contribution in [3.05, 3.63) is 68.4 Å². The van der Waals surface area contributed by atoms with Gasteiger partial charge in [0.15, 0.2) is 0 Å². The van der Waals surface area contributed by atoms with E-state index < -0.39 is 16.4 Å². The molecule has 0 radical (unpaired) electrons. The smallest absolute Gasteiger partial charge is 0.265 e. The Morgan fingerprint density at radius 1 is 1.58 bits per heavy atom. The number of nitrogens with zero attached hydrogens (tertiary/aromatic N) is 2. The number of amides is 1. The zero-order valence-electron chi connectivity index (χ0n) is 14.5. The van der Waals surface area contributed by atoms with Gasteiger partial charge in [0.25, 0.3) is 5.70 Å². The van der Waals surface area contributed by atoms with Crippen LogP contribution in [0.3, 0.4) is 0 Å². The number of benzene rings is 1. The first-order valence-electron chi connectivity index (χ1n) is 8.05. The van der Waals surface area contributed by atoms with Crippen molar-refractivity contribution in [2.45, 2.75) is 38.2 Å². The molecule has 2 unspecified atom stereocenters. The normalized spacial score (nSPS) is 20.7. The molecule has 0 heterocycles. The van der Waals surface area contributed by atoms with E-state index in [0.717, 1.165) is 11.1 Å². The minimum Gasteiger partial charge on any atom is -0.393 e. The van der Waals surface area contributed by atoms with Crippen LogP contribution in [0.4, 0.5) is 0 Å². The fraction of sp³-hybridized carbons (Fsp3) is 0.333. The van der Waals surface area contributed by atoms with Crippen molar-refractivity contribution >= 4 is 23.7 Å². The molecule has 2 N–H and O–H groups in total. The summed E-state index contributed by atoms with van der Waals surface area (Å²) in [4.78, 5) is 21.7. The molecule has 138 valence electrons. The lowest BCUT2D eigenvalue weighted by Crippen LogP contribution is -2.31. The number of aliphatic hydroxyl groups is 1. The van der Waals surface area contributed by atoms with Crippen LogP contribution in [0.2, 0.25) is 5.02 Å². The number of hydrogen-bond acceptors (Lipinski definition) is 5. The maximum absolute atomic E-state index is 11.1. The van der Waals surface area contributed by atoms with Crippen molar-refractivity contribution in [3.63, 3.8) is 0 Å². The molecule has 1 aliphatic rings. The van der Waals surface area contributed by atoms with Crippen molar-refractivity contribution in [2.24, 2.45) is 5.10 Å². The Morgan fingerprint density at radius 2 is 2.31 bits per heavy atom. The highest BCUT2D eigenvalue weighted by Gasteiger charge is 2.33. The van der Waals surface area contributed by atoms with Crippen LogP contribution in [0.25, 0.3) is 0 Å². The number of carbonyl (C=O) groups is 1. The molecule has 7 nitrogen and oxygen atoms in total. The molecule has 1 aromatic carbocycles. The fourth-order valence-corrected chi connectivity index (χ4v) is 3.03. The Labute approximate surface area is 156 Å². The van der Waals surface area contributed by atoms with Gasteiger partial charge in [0, 0.05) is 24.2 Å². The fourth-order valence-electron chi connectivity index (χ4n) is 2.86. The number of aliphatic hydroxyl groups excluding tert-OH is 1. The minimum atomic E-state index is -0.822. The molecule has 26 heavy (non-hydrogen) atoms. The number of allylic oxidation sites excluding steroid dienone is 3. The maximum atomic E-state index is 11.1. The number of nitrogens with one attached hydrogen (secondary N) is 1. The third kappa shape index (κ3) is 4.77. The summed E-state index contributed by atoms with van der Waals surface area (Å²) in [7, 11) is 0. The van der Waals surface area contributed by atoms with Crippen LogP contribution in [0.5, 0.6) is 0 Å². The Morgan fingerprint density at radius 3 is 2.85 bits per heavy atom. The highest BCUT2D eigenvalue weighted by Crippen LogP contribution is 2.36. The molecule has 0 saturated carbocycles. The van der Waals surface area contributed by atoms with Gasteiger partial charge in [-0.3, -0.25) is 14.9 Å². The predicted octanol–water partition coefficient (Wildman–Crippen LogP) is 2.74. The SMILES string of the molecule is CC(=O)NN=CC1(c2cc(Cl)ccc2CC(C)O)C=CC([N+](=O)[O-])=CC1. The number of halogens is 1. The van der Waals surface area contributed by atoms with Gasteiger partial charge in [-0.1, -0.05) is 23.7 Å². The van der Waals surface area contributed by atoms with E-state index in [1.54, 1.807) is 25.1 Å². The zero-order valence-corrected chi connectivity index (χ0v) is 15.2. The van der Waals surface area contributed by atoms with Crippen LogP contribution >= 0.6 is 11.6 Å². The third-order valence-corrected chi connectivity index (χ3v) is 4.25. The van der Waals surface area contributed by atoms with Gasteiger partial charge in [0.1, 0.15) is 0 Å². The molecule has 0 aromatic heterocycles. The van der Waals surface area contributed by atoms with Gasteiger partial charge in [0.05, 0.1) is 16.4 Å². The van der Waals surface area contributed by atoms with E-state index in [1.165, 1.54) is 25.3 Å². The first kappa shape index (κ1) is 19.8. The van der Waals surface area contributed by atoms with Crippen LogP contribution in [-0.2, 0) is 16.6 Å². The van der Waals surface area contributed by atoms with E-state index >= 15 is 0 Å². The summed E-state index contributed by atoms with van der Waals surface area (Å²) < 4.78 is 0. The first-order chi connectivity index (χ1) is 12.2. The van der Waals surface area contributed by atoms with Gasteiger partial charge in [-0.2, -0.15) is 5.10 Å². The average Bonchev–Trinajstić information content (AvgIpc) is 2.56. The molecule has 8 heteroatoms.